The SMILES string of the molecule is CNC(=O)c1ccc(C)c(-n2nc(-c3nc(-c4cnn(C5CCNCC5)c4)cnc3N)cc(C)c2=O)c1.Cl.Cl. The second-order valence-electron chi connectivity index (χ2n) is 9.19. The first-order chi connectivity index (χ1) is 17.9. The molecule has 1 aliphatic rings. The Morgan fingerprint density at radius 2 is 1.82 bits per heavy atom. The van der Waals surface area contributed by atoms with Crippen molar-refractivity contribution in [3.8, 4) is 28.3 Å². The predicted octanol–water partition coefficient (Wildman–Crippen LogP) is 2.88. The monoisotopic (exact) mass is 571 g/mol. The Labute approximate surface area is 238 Å². The molecule has 1 fully saturated rings. The summed E-state index contributed by atoms with van der Waals surface area (Å²) in [5.74, 6) is -0.0579. The number of benzene rings is 1. The fourth-order valence-electron chi connectivity index (χ4n) is 4.49. The Hall–Kier alpha value is -3.80. The minimum atomic E-state index is -0.299. The molecular formula is C26H31Cl2N9O2. The van der Waals surface area contributed by atoms with Crippen molar-refractivity contribution < 1.29 is 4.79 Å². The molecule has 1 saturated heterocycles. The summed E-state index contributed by atoms with van der Waals surface area (Å²) in [5.41, 5.74) is 10.3. The van der Waals surface area contributed by atoms with E-state index in [0.29, 0.717) is 39.9 Å². The number of nitrogen functional groups attached to an aromatic ring is 1. The molecule has 5 rings (SSSR count). The smallest absolute Gasteiger partial charge is 0.274 e. The first-order valence-electron chi connectivity index (χ1n) is 12.2. The van der Waals surface area contributed by atoms with Crippen LogP contribution in [-0.4, -0.2) is 55.6 Å². The first-order valence-corrected chi connectivity index (χ1v) is 12.2. The van der Waals surface area contributed by atoms with Gasteiger partial charge in [0.05, 0.1) is 29.8 Å². The lowest BCUT2D eigenvalue weighted by atomic mass is 10.1. The van der Waals surface area contributed by atoms with Crippen molar-refractivity contribution in [2.75, 3.05) is 25.9 Å². The van der Waals surface area contributed by atoms with E-state index in [1.54, 1.807) is 50.6 Å². The molecule has 0 spiro atoms. The van der Waals surface area contributed by atoms with E-state index < -0.39 is 0 Å². The Kier molecular flexibility index (Phi) is 9.44. The summed E-state index contributed by atoms with van der Waals surface area (Å²) in [6, 6.07) is 7.13. The normalized spacial score (nSPS) is 13.3. The van der Waals surface area contributed by atoms with Crippen molar-refractivity contribution >= 4 is 36.5 Å². The number of amides is 1. The fraction of sp³-hybridized carbons (Fsp3) is 0.308. The summed E-state index contributed by atoms with van der Waals surface area (Å²) in [7, 11) is 1.56. The van der Waals surface area contributed by atoms with E-state index in [1.807, 2.05) is 17.8 Å². The van der Waals surface area contributed by atoms with Crippen LogP contribution in [-0.2, 0) is 0 Å². The zero-order valence-corrected chi connectivity index (χ0v) is 23.5. The van der Waals surface area contributed by atoms with E-state index in [0.717, 1.165) is 37.1 Å². The Bertz CT molecular complexity index is 1540. The van der Waals surface area contributed by atoms with Gasteiger partial charge in [0.2, 0.25) is 0 Å². The van der Waals surface area contributed by atoms with E-state index in [-0.39, 0.29) is 42.1 Å². The van der Waals surface area contributed by atoms with Crippen LogP contribution in [0.1, 0.15) is 40.4 Å². The molecule has 39 heavy (non-hydrogen) atoms. The van der Waals surface area contributed by atoms with Gasteiger partial charge in [0.25, 0.3) is 11.5 Å². The van der Waals surface area contributed by atoms with Crippen molar-refractivity contribution in [2.45, 2.75) is 32.7 Å². The van der Waals surface area contributed by atoms with E-state index in [2.05, 4.69) is 25.8 Å². The van der Waals surface area contributed by atoms with Gasteiger partial charge < -0.3 is 16.4 Å². The summed E-state index contributed by atoms with van der Waals surface area (Å²) in [6.07, 6.45) is 7.41. The van der Waals surface area contributed by atoms with Crippen LogP contribution in [0.15, 0.2) is 47.7 Å². The number of halogens is 2. The van der Waals surface area contributed by atoms with Crippen LogP contribution in [0.4, 0.5) is 5.82 Å². The maximum atomic E-state index is 13.1. The molecule has 0 atom stereocenters. The molecule has 1 aliphatic heterocycles. The molecule has 0 saturated carbocycles. The third-order valence-electron chi connectivity index (χ3n) is 6.64. The molecule has 0 bridgehead atoms. The Morgan fingerprint density at radius 1 is 1.08 bits per heavy atom. The van der Waals surface area contributed by atoms with Gasteiger partial charge in [-0.3, -0.25) is 14.3 Å². The average Bonchev–Trinajstić information content (AvgIpc) is 3.41. The number of nitrogens with zero attached hydrogens (tertiary/aromatic N) is 6. The number of anilines is 1. The quantitative estimate of drug-likeness (QED) is 0.331. The summed E-state index contributed by atoms with van der Waals surface area (Å²) >= 11 is 0. The number of carbonyl (C=O) groups is 1. The lowest BCUT2D eigenvalue weighted by Gasteiger charge is -2.22. The van der Waals surface area contributed by atoms with E-state index >= 15 is 0 Å². The van der Waals surface area contributed by atoms with E-state index in [4.69, 9.17) is 10.7 Å². The fourth-order valence-corrected chi connectivity index (χ4v) is 4.49. The second-order valence-corrected chi connectivity index (χ2v) is 9.19. The molecular weight excluding hydrogens is 541 g/mol. The van der Waals surface area contributed by atoms with Crippen LogP contribution in [0.25, 0.3) is 28.3 Å². The van der Waals surface area contributed by atoms with Crippen molar-refractivity contribution in [1.29, 1.82) is 0 Å². The molecule has 3 aromatic heterocycles. The van der Waals surface area contributed by atoms with Gasteiger partial charge in [-0.05, 0) is 63.5 Å². The highest BCUT2D eigenvalue weighted by Crippen LogP contribution is 2.27. The Balaban J connectivity index is 0.00000210. The number of rotatable bonds is 5. The molecule has 4 aromatic rings. The first kappa shape index (κ1) is 29.8. The zero-order valence-electron chi connectivity index (χ0n) is 21.8. The van der Waals surface area contributed by atoms with Gasteiger partial charge in [0, 0.05) is 29.9 Å². The van der Waals surface area contributed by atoms with Crippen LogP contribution in [0.2, 0.25) is 0 Å². The number of hydrogen-bond donors (Lipinski definition) is 3. The van der Waals surface area contributed by atoms with E-state index in [1.165, 1.54) is 4.68 Å². The number of carbonyl (C=O) groups excluding carboxylic acids is 1. The summed E-state index contributed by atoms with van der Waals surface area (Å²) in [5, 5.41) is 15.1. The number of piperidine rings is 1. The lowest BCUT2D eigenvalue weighted by molar-refractivity contribution is 0.0963. The molecule has 206 valence electrons. The largest absolute Gasteiger partial charge is 0.382 e. The highest BCUT2D eigenvalue weighted by Gasteiger charge is 2.19. The average molecular weight is 573 g/mol. The topological polar surface area (TPSA) is 146 Å². The summed E-state index contributed by atoms with van der Waals surface area (Å²) in [6.45, 7) is 5.50. The molecule has 0 unspecified atom stereocenters. The minimum Gasteiger partial charge on any atom is -0.382 e. The maximum Gasteiger partial charge on any atom is 0.274 e. The van der Waals surface area contributed by atoms with Crippen molar-refractivity contribution in [3.05, 3.63) is 69.9 Å². The lowest BCUT2D eigenvalue weighted by Crippen LogP contribution is -2.29. The molecule has 4 heterocycles. The van der Waals surface area contributed by atoms with Gasteiger partial charge in [0.1, 0.15) is 11.4 Å². The van der Waals surface area contributed by atoms with Crippen LogP contribution in [0.5, 0.6) is 0 Å². The molecule has 11 nitrogen and oxygen atoms in total. The molecule has 1 aromatic carbocycles. The van der Waals surface area contributed by atoms with Crippen molar-refractivity contribution in [3.63, 3.8) is 0 Å². The number of nitrogens with two attached hydrogens (primary N) is 1. The summed E-state index contributed by atoms with van der Waals surface area (Å²) in [4.78, 5) is 34.4. The van der Waals surface area contributed by atoms with Crippen LogP contribution < -0.4 is 21.9 Å². The predicted molar refractivity (Wildman–Crippen MR) is 155 cm³/mol. The van der Waals surface area contributed by atoms with Crippen molar-refractivity contribution in [1.82, 2.24) is 40.2 Å². The molecule has 4 N–H and O–H groups in total. The molecule has 0 radical (unpaired) electrons. The van der Waals surface area contributed by atoms with Crippen LogP contribution in [0, 0.1) is 13.8 Å². The Morgan fingerprint density at radius 3 is 2.54 bits per heavy atom. The highest BCUT2D eigenvalue weighted by molar-refractivity contribution is 5.94. The zero-order chi connectivity index (χ0) is 26.1. The van der Waals surface area contributed by atoms with Crippen molar-refractivity contribution in [2.24, 2.45) is 0 Å². The standard InChI is InChI=1S/C26H29N9O2.2ClH/c1-15-4-5-17(25(36)28-3)11-22(15)35-26(37)16(2)10-20(33-35)23-24(27)30-13-21(32-23)18-12-31-34(14-18)19-6-8-29-9-7-19;;/h4-5,10-14,19,29H,6-9H2,1-3H3,(H2,27,30)(H,28,36);2*1H. The van der Waals surface area contributed by atoms with Gasteiger partial charge >= 0.3 is 0 Å². The van der Waals surface area contributed by atoms with Gasteiger partial charge in [-0.15, -0.1) is 24.8 Å². The van der Waals surface area contributed by atoms with Gasteiger partial charge in [-0.2, -0.15) is 14.9 Å². The van der Waals surface area contributed by atoms with Crippen LogP contribution in [0.3, 0.4) is 0 Å². The number of aryl methyl sites for hydroxylation is 2. The van der Waals surface area contributed by atoms with Gasteiger partial charge in [-0.25, -0.2) is 9.97 Å². The molecule has 0 aliphatic carbocycles. The highest BCUT2D eigenvalue weighted by atomic mass is 35.5. The number of hydrogen-bond acceptors (Lipinski definition) is 8. The third-order valence-corrected chi connectivity index (χ3v) is 6.64. The van der Waals surface area contributed by atoms with E-state index in [9.17, 15) is 9.59 Å². The number of nitrogens with one attached hydrogen (secondary N) is 2. The minimum absolute atomic E-state index is 0. The molecule has 1 amide bonds. The third kappa shape index (κ3) is 5.95. The van der Waals surface area contributed by atoms with Gasteiger partial charge in [0.15, 0.2) is 5.82 Å². The van der Waals surface area contributed by atoms with Crippen LogP contribution >= 0.6 is 24.8 Å². The number of aromatic nitrogens is 6. The van der Waals surface area contributed by atoms with Gasteiger partial charge in [-0.1, -0.05) is 6.07 Å². The second kappa shape index (κ2) is 12.4. The summed E-state index contributed by atoms with van der Waals surface area (Å²) < 4.78 is 3.27. The maximum absolute atomic E-state index is 13.1. The molecule has 13 heteroatoms.